The summed E-state index contributed by atoms with van der Waals surface area (Å²) in [4.78, 5) is 23.8. The second kappa shape index (κ2) is 8.24. The molecule has 0 aliphatic heterocycles. The van der Waals surface area contributed by atoms with Gasteiger partial charge in [0.25, 0.3) is 5.91 Å². The Hall–Kier alpha value is -2.69. The number of carbonyl (C=O) groups is 2. The van der Waals surface area contributed by atoms with E-state index in [2.05, 4.69) is 10.6 Å². The first-order valence-corrected chi connectivity index (χ1v) is 7.96. The van der Waals surface area contributed by atoms with Gasteiger partial charge in [0.1, 0.15) is 5.82 Å². The summed E-state index contributed by atoms with van der Waals surface area (Å²) in [6.45, 7) is 3.78. The molecule has 126 valence electrons. The molecule has 0 aromatic heterocycles. The number of carbonyl (C=O) groups excluding carboxylic acids is 2. The van der Waals surface area contributed by atoms with Crippen molar-refractivity contribution in [1.82, 2.24) is 5.32 Å². The summed E-state index contributed by atoms with van der Waals surface area (Å²) in [5.74, 6) is -0.573. The zero-order chi connectivity index (χ0) is 17.5. The van der Waals surface area contributed by atoms with Crippen LogP contribution in [0, 0.1) is 5.82 Å². The van der Waals surface area contributed by atoms with Crippen LogP contribution in [0.1, 0.15) is 48.7 Å². The lowest BCUT2D eigenvalue weighted by Crippen LogP contribution is -2.26. The smallest absolute Gasteiger partial charge is 0.251 e. The van der Waals surface area contributed by atoms with Gasteiger partial charge in [-0.1, -0.05) is 19.1 Å². The minimum atomic E-state index is -0.307. The van der Waals surface area contributed by atoms with E-state index in [4.69, 9.17) is 0 Å². The van der Waals surface area contributed by atoms with Crippen LogP contribution in [-0.4, -0.2) is 11.8 Å². The zero-order valence-corrected chi connectivity index (χ0v) is 13.8. The predicted octanol–water partition coefficient (Wildman–Crippen LogP) is 4.06. The molecular formula is C19H21FN2O2. The van der Waals surface area contributed by atoms with Crippen LogP contribution in [0.25, 0.3) is 0 Å². The molecule has 4 nitrogen and oxygen atoms in total. The van der Waals surface area contributed by atoms with Gasteiger partial charge in [-0.05, 0) is 55.3 Å². The molecule has 2 aromatic rings. The van der Waals surface area contributed by atoms with E-state index < -0.39 is 0 Å². The monoisotopic (exact) mass is 328 g/mol. The molecule has 24 heavy (non-hydrogen) atoms. The summed E-state index contributed by atoms with van der Waals surface area (Å²) < 4.78 is 12.9. The van der Waals surface area contributed by atoms with Crippen molar-refractivity contribution in [1.29, 1.82) is 0 Å². The highest BCUT2D eigenvalue weighted by Crippen LogP contribution is 2.15. The lowest BCUT2D eigenvalue weighted by molar-refractivity contribution is -0.116. The summed E-state index contributed by atoms with van der Waals surface area (Å²) in [6, 6.07) is 12.5. The molecule has 1 atom stereocenters. The van der Waals surface area contributed by atoms with E-state index in [1.54, 1.807) is 36.4 Å². The molecule has 2 amide bonds. The molecule has 2 rings (SSSR count). The Bertz CT molecular complexity index is 696. The Kier molecular flexibility index (Phi) is 6.07. The molecule has 1 unspecified atom stereocenters. The van der Waals surface area contributed by atoms with Gasteiger partial charge in [-0.2, -0.15) is 0 Å². The van der Waals surface area contributed by atoms with Crippen molar-refractivity contribution in [3.8, 4) is 0 Å². The second-order valence-electron chi connectivity index (χ2n) is 5.62. The van der Waals surface area contributed by atoms with Gasteiger partial charge in [0.05, 0.1) is 6.04 Å². The highest BCUT2D eigenvalue weighted by molar-refractivity contribution is 5.96. The molecule has 2 N–H and O–H groups in total. The molecular weight excluding hydrogens is 307 g/mol. The van der Waals surface area contributed by atoms with Gasteiger partial charge in [-0.3, -0.25) is 9.59 Å². The summed E-state index contributed by atoms with van der Waals surface area (Å²) >= 11 is 0. The Morgan fingerprint density at radius 1 is 1.04 bits per heavy atom. The van der Waals surface area contributed by atoms with Gasteiger partial charge >= 0.3 is 0 Å². The number of rotatable bonds is 6. The van der Waals surface area contributed by atoms with Crippen molar-refractivity contribution in [3.63, 3.8) is 0 Å². The van der Waals surface area contributed by atoms with E-state index in [1.807, 2.05) is 13.8 Å². The van der Waals surface area contributed by atoms with Crippen LogP contribution in [0.15, 0.2) is 48.5 Å². The predicted molar refractivity (Wildman–Crippen MR) is 92.3 cm³/mol. The Labute approximate surface area is 141 Å². The van der Waals surface area contributed by atoms with Crippen molar-refractivity contribution in [2.45, 2.75) is 32.7 Å². The normalized spacial score (nSPS) is 11.6. The Balaban J connectivity index is 1.97. The van der Waals surface area contributed by atoms with Crippen molar-refractivity contribution in [3.05, 3.63) is 65.5 Å². The van der Waals surface area contributed by atoms with Crippen LogP contribution in [0.3, 0.4) is 0 Å². The molecule has 0 saturated carbocycles. The summed E-state index contributed by atoms with van der Waals surface area (Å²) in [5, 5.41) is 5.64. The minimum Gasteiger partial charge on any atom is -0.346 e. The number of hydrogen-bond donors (Lipinski definition) is 2. The molecule has 0 spiro atoms. The van der Waals surface area contributed by atoms with Gasteiger partial charge in [-0.15, -0.1) is 0 Å². The third-order valence-corrected chi connectivity index (χ3v) is 3.63. The first-order valence-electron chi connectivity index (χ1n) is 7.96. The van der Waals surface area contributed by atoms with E-state index in [0.29, 0.717) is 17.7 Å². The fraction of sp³-hybridized carbons (Fsp3) is 0.263. The van der Waals surface area contributed by atoms with Crippen LogP contribution in [-0.2, 0) is 4.79 Å². The zero-order valence-electron chi connectivity index (χ0n) is 13.8. The summed E-state index contributed by atoms with van der Waals surface area (Å²) in [5.41, 5.74) is 1.99. The van der Waals surface area contributed by atoms with Crippen LogP contribution in [0.5, 0.6) is 0 Å². The van der Waals surface area contributed by atoms with E-state index in [0.717, 1.165) is 12.0 Å². The van der Waals surface area contributed by atoms with Gasteiger partial charge < -0.3 is 10.6 Å². The summed E-state index contributed by atoms with van der Waals surface area (Å²) in [6.07, 6.45) is 1.25. The molecule has 0 aliphatic carbocycles. The van der Waals surface area contributed by atoms with Crippen molar-refractivity contribution in [2.75, 3.05) is 5.32 Å². The average molecular weight is 328 g/mol. The summed E-state index contributed by atoms with van der Waals surface area (Å²) in [7, 11) is 0. The number of amides is 2. The van der Waals surface area contributed by atoms with Gasteiger partial charge in [0.2, 0.25) is 5.91 Å². The standard InChI is InChI=1S/C19H21FN2O2/c1-3-4-18(23)22-17-11-7-15(8-12-17)19(24)21-13(2)14-5-9-16(20)10-6-14/h5-13H,3-4H2,1-2H3,(H,21,24)(H,22,23). The topological polar surface area (TPSA) is 58.2 Å². The van der Waals surface area contributed by atoms with Crippen molar-refractivity contribution in [2.24, 2.45) is 0 Å². The molecule has 0 fully saturated rings. The van der Waals surface area contributed by atoms with Gasteiger partial charge in [0.15, 0.2) is 0 Å². The van der Waals surface area contributed by atoms with E-state index in [9.17, 15) is 14.0 Å². The third kappa shape index (κ3) is 4.91. The second-order valence-corrected chi connectivity index (χ2v) is 5.62. The van der Waals surface area contributed by atoms with Gasteiger partial charge in [-0.25, -0.2) is 4.39 Å². The lowest BCUT2D eigenvalue weighted by Gasteiger charge is -2.14. The van der Waals surface area contributed by atoms with Crippen LogP contribution < -0.4 is 10.6 Å². The molecule has 0 bridgehead atoms. The van der Waals surface area contributed by atoms with Crippen LogP contribution >= 0.6 is 0 Å². The highest BCUT2D eigenvalue weighted by atomic mass is 19.1. The molecule has 0 aliphatic rings. The largest absolute Gasteiger partial charge is 0.346 e. The van der Waals surface area contributed by atoms with Crippen molar-refractivity contribution < 1.29 is 14.0 Å². The maximum absolute atomic E-state index is 12.9. The van der Waals surface area contributed by atoms with Crippen LogP contribution in [0.4, 0.5) is 10.1 Å². The quantitative estimate of drug-likeness (QED) is 0.840. The Morgan fingerprint density at radius 3 is 2.25 bits per heavy atom. The first-order chi connectivity index (χ1) is 11.5. The van der Waals surface area contributed by atoms with Gasteiger partial charge in [0, 0.05) is 17.7 Å². The van der Waals surface area contributed by atoms with E-state index >= 15 is 0 Å². The fourth-order valence-electron chi connectivity index (χ4n) is 2.27. The number of halogens is 1. The minimum absolute atomic E-state index is 0.0420. The molecule has 5 heteroatoms. The highest BCUT2D eigenvalue weighted by Gasteiger charge is 2.11. The van der Waals surface area contributed by atoms with Crippen molar-refractivity contribution >= 4 is 17.5 Å². The lowest BCUT2D eigenvalue weighted by atomic mass is 10.1. The molecule has 0 heterocycles. The maximum atomic E-state index is 12.9. The fourth-order valence-corrected chi connectivity index (χ4v) is 2.27. The number of benzene rings is 2. The SMILES string of the molecule is CCCC(=O)Nc1ccc(C(=O)NC(C)c2ccc(F)cc2)cc1. The number of hydrogen-bond acceptors (Lipinski definition) is 2. The molecule has 2 aromatic carbocycles. The molecule has 0 saturated heterocycles. The Morgan fingerprint density at radius 2 is 1.67 bits per heavy atom. The van der Waals surface area contributed by atoms with Crippen LogP contribution in [0.2, 0.25) is 0 Å². The molecule has 0 radical (unpaired) electrons. The average Bonchev–Trinajstić information content (AvgIpc) is 2.56. The maximum Gasteiger partial charge on any atom is 0.251 e. The third-order valence-electron chi connectivity index (χ3n) is 3.63. The first kappa shape index (κ1) is 17.7. The number of anilines is 1. The van der Waals surface area contributed by atoms with E-state index in [1.165, 1.54) is 12.1 Å². The number of nitrogens with one attached hydrogen (secondary N) is 2. The van der Waals surface area contributed by atoms with E-state index in [-0.39, 0.29) is 23.7 Å².